The fourth-order valence-corrected chi connectivity index (χ4v) is 4.25. The van der Waals surface area contributed by atoms with Crippen LogP contribution in [0.2, 0.25) is 0 Å². The number of sulfonamides is 1. The number of alkyl halides is 1. The van der Waals surface area contributed by atoms with Crippen molar-refractivity contribution < 1.29 is 8.42 Å². The van der Waals surface area contributed by atoms with Gasteiger partial charge in [-0.05, 0) is 31.6 Å². The first-order valence-electron chi connectivity index (χ1n) is 6.23. The Kier molecular flexibility index (Phi) is 3.11. The van der Waals surface area contributed by atoms with E-state index in [9.17, 15) is 8.42 Å². The van der Waals surface area contributed by atoms with E-state index in [0.717, 1.165) is 25.7 Å². The lowest BCUT2D eigenvalue weighted by Crippen LogP contribution is -2.35. The molecule has 0 amide bonds. The van der Waals surface area contributed by atoms with Crippen molar-refractivity contribution in [3.8, 4) is 0 Å². The molecule has 2 aliphatic rings. The molecule has 0 bridgehead atoms. The number of hydrogen-bond acceptors (Lipinski definition) is 3. The van der Waals surface area contributed by atoms with Crippen LogP contribution in [0.4, 0.5) is 0 Å². The van der Waals surface area contributed by atoms with E-state index in [1.54, 1.807) is 4.31 Å². The zero-order chi connectivity index (χ0) is 12.8. The molecule has 0 aromatic carbocycles. The van der Waals surface area contributed by atoms with Crippen LogP contribution in [0.1, 0.15) is 31.2 Å². The standard InChI is InChI=1S/C11H16ClN3O2S/c12-5-9-6-13-14-11(9)18(16,17)15(10-3-4-10)7-8-1-2-8/h6,8,10H,1-5,7H2,(H,13,14). The highest BCUT2D eigenvalue weighted by atomic mass is 35.5. The van der Waals surface area contributed by atoms with Crippen LogP contribution in [0.5, 0.6) is 0 Å². The molecular weight excluding hydrogens is 274 g/mol. The van der Waals surface area contributed by atoms with Gasteiger partial charge in [-0.15, -0.1) is 11.6 Å². The van der Waals surface area contributed by atoms with Crippen LogP contribution in [0.25, 0.3) is 0 Å². The highest BCUT2D eigenvalue weighted by Gasteiger charge is 2.42. The molecule has 18 heavy (non-hydrogen) atoms. The third-order valence-electron chi connectivity index (χ3n) is 3.48. The molecule has 0 spiro atoms. The molecule has 0 unspecified atom stereocenters. The summed E-state index contributed by atoms with van der Waals surface area (Å²) in [7, 11) is -3.46. The molecular formula is C11H16ClN3O2S. The molecule has 1 aromatic rings. The molecule has 0 atom stereocenters. The van der Waals surface area contributed by atoms with E-state index in [1.807, 2.05) is 0 Å². The predicted molar refractivity (Wildman–Crippen MR) is 67.8 cm³/mol. The van der Waals surface area contributed by atoms with Crippen molar-refractivity contribution in [2.75, 3.05) is 6.54 Å². The van der Waals surface area contributed by atoms with Crippen molar-refractivity contribution in [2.24, 2.45) is 5.92 Å². The Morgan fingerprint density at radius 3 is 2.67 bits per heavy atom. The predicted octanol–water partition coefficient (Wildman–Crippen LogP) is 1.71. The number of hydrogen-bond donors (Lipinski definition) is 1. The topological polar surface area (TPSA) is 66.1 Å². The Hall–Kier alpha value is -0.590. The van der Waals surface area contributed by atoms with E-state index in [-0.39, 0.29) is 16.9 Å². The van der Waals surface area contributed by atoms with Gasteiger partial charge in [-0.2, -0.15) is 9.40 Å². The van der Waals surface area contributed by atoms with Gasteiger partial charge >= 0.3 is 0 Å². The van der Waals surface area contributed by atoms with Gasteiger partial charge in [0.15, 0.2) is 5.03 Å². The SMILES string of the molecule is O=S(=O)(c1[nH]ncc1CCl)N(CC1CC1)C1CC1. The van der Waals surface area contributed by atoms with Crippen LogP contribution in [0.3, 0.4) is 0 Å². The fraction of sp³-hybridized carbons (Fsp3) is 0.727. The Morgan fingerprint density at radius 1 is 1.39 bits per heavy atom. The lowest BCUT2D eigenvalue weighted by atomic mass is 10.4. The quantitative estimate of drug-likeness (QED) is 0.811. The molecule has 5 nitrogen and oxygen atoms in total. The lowest BCUT2D eigenvalue weighted by Gasteiger charge is -2.21. The number of H-pyrrole nitrogens is 1. The third kappa shape index (κ3) is 2.29. The molecule has 1 N–H and O–H groups in total. The van der Waals surface area contributed by atoms with Gasteiger partial charge in [-0.25, -0.2) is 8.42 Å². The van der Waals surface area contributed by atoms with E-state index in [0.29, 0.717) is 18.0 Å². The maximum atomic E-state index is 12.6. The normalized spacial score (nSPS) is 20.6. The lowest BCUT2D eigenvalue weighted by molar-refractivity contribution is 0.386. The molecule has 0 aliphatic heterocycles. The van der Waals surface area contributed by atoms with E-state index >= 15 is 0 Å². The van der Waals surface area contributed by atoms with Crippen LogP contribution >= 0.6 is 11.6 Å². The maximum absolute atomic E-state index is 12.6. The summed E-state index contributed by atoms with van der Waals surface area (Å²) in [6.45, 7) is 0.647. The van der Waals surface area contributed by atoms with Crippen LogP contribution < -0.4 is 0 Å². The van der Waals surface area contributed by atoms with Crippen LogP contribution in [-0.2, 0) is 15.9 Å². The molecule has 2 aliphatic carbocycles. The smallest absolute Gasteiger partial charge is 0.260 e. The van der Waals surface area contributed by atoms with E-state index in [2.05, 4.69) is 10.2 Å². The molecule has 3 rings (SSSR count). The van der Waals surface area contributed by atoms with E-state index in [4.69, 9.17) is 11.6 Å². The summed E-state index contributed by atoms with van der Waals surface area (Å²) in [5.41, 5.74) is 0.554. The first kappa shape index (κ1) is 12.4. The van der Waals surface area contributed by atoms with Gasteiger partial charge in [0.05, 0.1) is 12.1 Å². The number of nitrogens with one attached hydrogen (secondary N) is 1. The van der Waals surface area contributed by atoms with E-state index in [1.165, 1.54) is 6.20 Å². The molecule has 100 valence electrons. The minimum absolute atomic E-state index is 0.160. The van der Waals surface area contributed by atoms with Gasteiger partial charge in [0.2, 0.25) is 0 Å². The minimum atomic E-state index is -3.46. The minimum Gasteiger partial charge on any atom is -0.266 e. The summed E-state index contributed by atoms with van der Waals surface area (Å²) in [6.07, 6.45) is 5.71. The van der Waals surface area contributed by atoms with E-state index < -0.39 is 10.0 Å². The molecule has 0 saturated heterocycles. The van der Waals surface area contributed by atoms with Crippen molar-refractivity contribution in [1.29, 1.82) is 0 Å². The summed E-state index contributed by atoms with van der Waals surface area (Å²) < 4.78 is 26.9. The van der Waals surface area contributed by atoms with Crippen LogP contribution in [0.15, 0.2) is 11.2 Å². The first-order valence-corrected chi connectivity index (χ1v) is 8.20. The average molecular weight is 290 g/mol. The van der Waals surface area contributed by atoms with Crippen molar-refractivity contribution in [2.45, 2.75) is 42.6 Å². The highest BCUT2D eigenvalue weighted by molar-refractivity contribution is 7.89. The second kappa shape index (κ2) is 4.51. The number of rotatable bonds is 6. The first-order chi connectivity index (χ1) is 8.63. The Bertz CT molecular complexity index is 534. The van der Waals surface area contributed by atoms with Crippen LogP contribution in [0, 0.1) is 5.92 Å². The van der Waals surface area contributed by atoms with Crippen molar-refractivity contribution >= 4 is 21.6 Å². The van der Waals surface area contributed by atoms with Gasteiger partial charge in [0.1, 0.15) is 0 Å². The van der Waals surface area contributed by atoms with Gasteiger partial charge in [0.25, 0.3) is 10.0 Å². The zero-order valence-electron chi connectivity index (χ0n) is 9.97. The molecule has 2 fully saturated rings. The molecule has 2 saturated carbocycles. The maximum Gasteiger partial charge on any atom is 0.260 e. The Balaban J connectivity index is 1.90. The average Bonchev–Trinajstić information content (AvgIpc) is 3.24. The van der Waals surface area contributed by atoms with Crippen molar-refractivity contribution in [3.05, 3.63) is 11.8 Å². The molecule has 1 aromatic heterocycles. The number of halogens is 1. The van der Waals surface area contributed by atoms with Gasteiger partial charge < -0.3 is 0 Å². The highest BCUT2D eigenvalue weighted by Crippen LogP contribution is 2.38. The van der Waals surface area contributed by atoms with Crippen molar-refractivity contribution in [3.63, 3.8) is 0 Å². The zero-order valence-corrected chi connectivity index (χ0v) is 11.5. The fourth-order valence-electron chi connectivity index (χ4n) is 2.10. The molecule has 0 radical (unpaired) electrons. The number of aromatic amines is 1. The summed E-state index contributed by atoms with van der Waals surface area (Å²) in [5, 5.41) is 6.56. The second-order valence-electron chi connectivity index (χ2n) is 5.11. The van der Waals surface area contributed by atoms with Crippen LogP contribution in [-0.4, -0.2) is 35.5 Å². The summed E-state index contributed by atoms with van der Waals surface area (Å²) in [5.74, 6) is 0.704. The largest absolute Gasteiger partial charge is 0.266 e. The third-order valence-corrected chi connectivity index (χ3v) is 5.70. The Labute approximate surface area is 112 Å². The van der Waals surface area contributed by atoms with Gasteiger partial charge in [-0.3, -0.25) is 5.10 Å². The summed E-state index contributed by atoms with van der Waals surface area (Å²) >= 11 is 5.75. The molecule has 1 heterocycles. The summed E-state index contributed by atoms with van der Waals surface area (Å²) in [4.78, 5) is 0. The van der Waals surface area contributed by atoms with Gasteiger partial charge in [-0.1, -0.05) is 0 Å². The monoisotopic (exact) mass is 289 g/mol. The number of nitrogens with zero attached hydrogens (tertiary/aromatic N) is 2. The Morgan fingerprint density at radius 2 is 2.11 bits per heavy atom. The van der Waals surface area contributed by atoms with Crippen molar-refractivity contribution in [1.82, 2.24) is 14.5 Å². The number of aromatic nitrogens is 2. The second-order valence-corrected chi connectivity index (χ2v) is 7.20. The summed E-state index contributed by atoms with van der Waals surface area (Å²) in [6, 6.07) is 0.182. The molecule has 7 heteroatoms. The van der Waals surface area contributed by atoms with Gasteiger partial charge in [0, 0.05) is 18.2 Å².